The minimum absolute atomic E-state index is 0.801. The summed E-state index contributed by atoms with van der Waals surface area (Å²) in [5, 5.41) is 2.21. The van der Waals surface area contributed by atoms with Crippen LogP contribution in [-0.2, 0) is 0 Å². The Morgan fingerprint density at radius 3 is 2.88 bits per heavy atom. The van der Waals surface area contributed by atoms with Crippen LogP contribution in [0.15, 0.2) is 53.9 Å². The molecule has 4 heterocycles. The lowest BCUT2D eigenvalue weighted by Gasteiger charge is -2.27. The van der Waals surface area contributed by atoms with Gasteiger partial charge in [0.2, 0.25) is 5.84 Å². The highest BCUT2D eigenvalue weighted by atomic mass is 15.3. The number of aromatic nitrogens is 3. The Morgan fingerprint density at radius 2 is 2.04 bits per heavy atom. The van der Waals surface area contributed by atoms with Crippen LogP contribution in [0.25, 0.3) is 27.5 Å². The molecule has 3 aromatic rings. The van der Waals surface area contributed by atoms with Crippen molar-refractivity contribution >= 4 is 33.3 Å². The van der Waals surface area contributed by atoms with Gasteiger partial charge in [-0.1, -0.05) is 6.08 Å². The van der Waals surface area contributed by atoms with Gasteiger partial charge in [0.1, 0.15) is 5.65 Å². The van der Waals surface area contributed by atoms with E-state index in [2.05, 4.69) is 54.2 Å². The van der Waals surface area contributed by atoms with E-state index in [9.17, 15) is 0 Å². The molecule has 0 spiro atoms. The van der Waals surface area contributed by atoms with E-state index in [1.165, 1.54) is 0 Å². The maximum atomic E-state index is 4.83. The first kappa shape index (κ1) is 15.7. The topological polar surface area (TPSA) is 53.9 Å². The number of fused-ring (bicyclic) bond motifs is 3. The Bertz CT molecular complexity index is 1040. The summed E-state index contributed by atoms with van der Waals surface area (Å²) >= 11 is 0. The lowest BCUT2D eigenvalue weighted by atomic mass is 10.1. The second kappa shape index (κ2) is 5.93. The number of allylic oxidation sites excluding steroid dienone is 2. The average molecular weight is 332 g/mol. The Hall–Kier alpha value is -2.79. The summed E-state index contributed by atoms with van der Waals surface area (Å²) in [5.41, 5.74) is 4.02. The summed E-state index contributed by atoms with van der Waals surface area (Å²) in [6, 6.07) is 6.17. The number of amidine groups is 1. The van der Waals surface area contributed by atoms with Crippen molar-refractivity contribution in [3.8, 4) is 0 Å². The first-order valence-corrected chi connectivity index (χ1v) is 8.58. The summed E-state index contributed by atoms with van der Waals surface area (Å²) in [5.74, 6) is 1.16. The molecule has 0 unspecified atom stereocenters. The summed E-state index contributed by atoms with van der Waals surface area (Å²) < 4.78 is 0.801. The van der Waals surface area contributed by atoms with Crippen LogP contribution in [0.1, 0.15) is 19.0 Å². The monoisotopic (exact) mass is 332 g/mol. The molecule has 5 nitrogen and oxygen atoms in total. The standard InChI is InChI=1S/C20H22N5/c1-4-25(2,3)19-8-5-14(9-12-22-19)17-7-6-15-16-13-21-11-10-18(16)24-20(15)23-17/h5-7,9-13H,4,8H2,1-3H3,(H,23,24)/q+1. The van der Waals surface area contributed by atoms with Crippen LogP contribution in [0.4, 0.5) is 0 Å². The molecule has 3 aromatic heterocycles. The molecule has 0 saturated carbocycles. The Balaban J connectivity index is 1.72. The van der Waals surface area contributed by atoms with E-state index in [1.54, 1.807) is 6.20 Å². The second-order valence-electron chi connectivity index (χ2n) is 6.86. The van der Waals surface area contributed by atoms with Gasteiger partial charge in [0.05, 0.1) is 38.3 Å². The molecule has 0 bridgehead atoms. The zero-order valence-corrected chi connectivity index (χ0v) is 14.8. The molecule has 5 heteroatoms. The normalized spacial score (nSPS) is 15.3. The van der Waals surface area contributed by atoms with Gasteiger partial charge < -0.3 is 4.98 Å². The Kier molecular flexibility index (Phi) is 3.73. The number of hydrogen-bond donors (Lipinski definition) is 1. The number of quaternary nitrogens is 1. The molecule has 1 N–H and O–H groups in total. The fourth-order valence-corrected chi connectivity index (χ4v) is 3.08. The van der Waals surface area contributed by atoms with Crippen molar-refractivity contribution in [3.63, 3.8) is 0 Å². The van der Waals surface area contributed by atoms with E-state index < -0.39 is 0 Å². The summed E-state index contributed by atoms with van der Waals surface area (Å²) in [6.45, 7) is 3.20. The van der Waals surface area contributed by atoms with E-state index in [0.29, 0.717) is 0 Å². The van der Waals surface area contributed by atoms with Crippen molar-refractivity contribution in [2.45, 2.75) is 13.3 Å². The van der Waals surface area contributed by atoms with E-state index in [-0.39, 0.29) is 0 Å². The molecule has 0 atom stereocenters. The Morgan fingerprint density at radius 1 is 1.16 bits per heavy atom. The number of aliphatic imine (C=N–C) groups is 1. The smallest absolute Gasteiger partial charge is 0.206 e. The van der Waals surface area contributed by atoms with E-state index in [4.69, 9.17) is 4.98 Å². The molecule has 126 valence electrons. The number of hydrogen-bond acceptors (Lipinski definition) is 3. The van der Waals surface area contributed by atoms with E-state index in [1.807, 2.05) is 24.5 Å². The molecule has 0 aliphatic carbocycles. The van der Waals surface area contributed by atoms with Crippen molar-refractivity contribution in [1.82, 2.24) is 15.0 Å². The second-order valence-corrected chi connectivity index (χ2v) is 6.86. The van der Waals surface area contributed by atoms with Gasteiger partial charge >= 0.3 is 0 Å². The molecule has 0 fully saturated rings. The highest BCUT2D eigenvalue weighted by molar-refractivity contribution is 6.05. The van der Waals surface area contributed by atoms with Crippen molar-refractivity contribution in [3.05, 3.63) is 54.6 Å². The third-order valence-electron chi connectivity index (χ3n) is 5.03. The van der Waals surface area contributed by atoms with E-state index >= 15 is 0 Å². The molecular weight excluding hydrogens is 310 g/mol. The molecule has 0 radical (unpaired) electrons. The molecule has 0 saturated heterocycles. The molecule has 4 rings (SSSR count). The first-order valence-electron chi connectivity index (χ1n) is 8.58. The van der Waals surface area contributed by atoms with Gasteiger partial charge in [-0.15, -0.1) is 0 Å². The third-order valence-corrected chi connectivity index (χ3v) is 5.03. The molecule has 0 amide bonds. The van der Waals surface area contributed by atoms with Crippen LogP contribution >= 0.6 is 0 Å². The predicted molar refractivity (Wildman–Crippen MR) is 103 cm³/mol. The number of rotatable bonds is 2. The van der Waals surface area contributed by atoms with Gasteiger partial charge in [0.15, 0.2) is 0 Å². The molecule has 25 heavy (non-hydrogen) atoms. The molecule has 0 aromatic carbocycles. The van der Waals surface area contributed by atoms with Gasteiger partial charge in [-0.2, -0.15) is 0 Å². The summed E-state index contributed by atoms with van der Waals surface area (Å²) in [4.78, 5) is 17.1. The average Bonchev–Trinajstić information content (AvgIpc) is 2.81. The number of nitrogens with zero attached hydrogens (tertiary/aromatic N) is 4. The predicted octanol–water partition coefficient (Wildman–Crippen LogP) is 3.91. The number of nitrogens with one attached hydrogen (secondary N) is 1. The highest BCUT2D eigenvalue weighted by Crippen LogP contribution is 2.26. The van der Waals surface area contributed by atoms with Crippen molar-refractivity contribution in [1.29, 1.82) is 0 Å². The van der Waals surface area contributed by atoms with Crippen LogP contribution in [0.2, 0.25) is 0 Å². The van der Waals surface area contributed by atoms with Crippen molar-refractivity contribution in [2.24, 2.45) is 4.99 Å². The van der Waals surface area contributed by atoms with Gasteiger partial charge in [0, 0.05) is 29.4 Å². The van der Waals surface area contributed by atoms with Crippen LogP contribution < -0.4 is 0 Å². The molecule has 1 aliphatic rings. The lowest BCUT2D eigenvalue weighted by Crippen LogP contribution is -2.44. The van der Waals surface area contributed by atoms with Crippen LogP contribution in [0.5, 0.6) is 0 Å². The fraction of sp³-hybridized carbons (Fsp3) is 0.250. The molecular formula is C20H22N5+. The Labute approximate surface area is 147 Å². The van der Waals surface area contributed by atoms with Gasteiger partial charge in [-0.3, -0.25) is 9.47 Å². The third kappa shape index (κ3) is 2.76. The number of pyridine rings is 2. The van der Waals surface area contributed by atoms with Gasteiger partial charge in [-0.05, 0) is 36.8 Å². The number of H-pyrrole nitrogens is 1. The quantitative estimate of drug-likeness (QED) is 0.724. The minimum atomic E-state index is 0.801. The van der Waals surface area contributed by atoms with Crippen LogP contribution in [0.3, 0.4) is 0 Å². The fourth-order valence-electron chi connectivity index (χ4n) is 3.08. The lowest BCUT2D eigenvalue weighted by molar-refractivity contribution is -0.798. The molecule has 1 aliphatic heterocycles. The SMILES string of the molecule is CC[N+](C)(C)C1=NC=CC(c2ccc3c(n2)[nH]c2ccncc23)=CC1. The number of aromatic amines is 1. The summed E-state index contributed by atoms with van der Waals surface area (Å²) in [6.07, 6.45) is 10.7. The minimum Gasteiger partial charge on any atom is -0.339 e. The van der Waals surface area contributed by atoms with Crippen LogP contribution in [0, 0.1) is 0 Å². The zero-order chi connectivity index (χ0) is 17.4. The van der Waals surface area contributed by atoms with Crippen LogP contribution in [-0.4, -0.2) is 45.9 Å². The van der Waals surface area contributed by atoms with Crippen molar-refractivity contribution in [2.75, 3.05) is 20.6 Å². The van der Waals surface area contributed by atoms with Gasteiger partial charge in [0.25, 0.3) is 0 Å². The maximum absolute atomic E-state index is 4.83. The highest BCUT2D eigenvalue weighted by Gasteiger charge is 2.21. The maximum Gasteiger partial charge on any atom is 0.206 e. The van der Waals surface area contributed by atoms with E-state index in [0.717, 1.165) is 56.5 Å². The van der Waals surface area contributed by atoms with Gasteiger partial charge in [-0.25, -0.2) is 9.98 Å². The zero-order valence-electron chi connectivity index (χ0n) is 14.8. The summed E-state index contributed by atoms with van der Waals surface area (Å²) in [7, 11) is 4.38. The largest absolute Gasteiger partial charge is 0.339 e. The first-order chi connectivity index (χ1) is 12.1. The van der Waals surface area contributed by atoms with Crippen molar-refractivity contribution < 1.29 is 4.48 Å².